The number of pyridine rings is 2. The molecule has 0 saturated carbocycles. The van der Waals surface area contributed by atoms with Crippen molar-refractivity contribution >= 4 is 32.6 Å². The van der Waals surface area contributed by atoms with Crippen LogP contribution in [0.1, 0.15) is 24.1 Å². The highest BCUT2D eigenvalue weighted by Crippen LogP contribution is 2.31. The number of nitrogens with one attached hydrogen (secondary N) is 1. The molecule has 170 valence electrons. The third-order valence-electron chi connectivity index (χ3n) is 5.40. The van der Waals surface area contributed by atoms with E-state index in [1.807, 2.05) is 4.90 Å². The van der Waals surface area contributed by atoms with E-state index in [1.165, 1.54) is 18.4 Å². The number of halogens is 3. The van der Waals surface area contributed by atoms with Gasteiger partial charge >= 0.3 is 6.18 Å². The van der Waals surface area contributed by atoms with Crippen LogP contribution in [0.15, 0.2) is 36.7 Å². The lowest BCUT2D eigenvalue weighted by molar-refractivity contribution is -0.141. The van der Waals surface area contributed by atoms with Crippen LogP contribution in [0, 0.1) is 0 Å². The first-order valence-corrected chi connectivity index (χ1v) is 11.9. The SMILES string of the molecule is CS(=O)(=O)C1CCN(c2nc(NCc3cccnc3C(F)(F)F)c3cccnc3n2)CC1. The van der Waals surface area contributed by atoms with Crippen molar-refractivity contribution in [3.05, 3.63) is 47.9 Å². The van der Waals surface area contributed by atoms with Crippen LogP contribution < -0.4 is 10.2 Å². The quantitative estimate of drug-likeness (QED) is 0.612. The van der Waals surface area contributed by atoms with Crippen LogP contribution in [0.5, 0.6) is 0 Å². The van der Waals surface area contributed by atoms with E-state index in [0.717, 1.165) is 6.20 Å². The molecule has 1 fully saturated rings. The van der Waals surface area contributed by atoms with E-state index in [9.17, 15) is 21.6 Å². The molecule has 0 aliphatic carbocycles. The number of hydrogen-bond donors (Lipinski definition) is 1. The predicted molar refractivity (Wildman–Crippen MR) is 114 cm³/mol. The summed E-state index contributed by atoms with van der Waals surface area (Å²) in [4.78, 5) is 18.6. The molecule has 3 aromatic heterocycles. The zero-order valence-corrected chi connectivity index (χ0v) is 18.0. The largest absolute Gasteiger partial charge is 0.433 e. The summed E-state index contributed by atoms with van der Waals surface area (Å²) < 4.78 is 63.5. The topological polar surface area (TPSA) is 101 Å². The second-order valence-electron chi connectivity index (χ2n) is 7.63. The summed E-state index contributed by atoms with van der Waals surface area (Å²) in [6, 6.07) is 6.24. The minimum atomic E-state index is -4.57. The molecule has 4 rings (SSSR count). The number of rotatable bonds is 5. The van der Waals surface area contributed by atoms with Gasteiger partial charge in [-0.1, -0.05) is 6.07 Å². The summed E-state index contributed by atoms with van der Waals surface area (Å²) in [6.45, 7) is 0.770. The number of piperidine rings is 1. The molecule has 0 unspecified atom stereocenters. The minimum Gasteiger partial charge on any atom is -0.365 e. The van der Waals surface area contributed by atoms with Crippen molar-refractivity contribution in [3.63, 3.8) is 0 Å². The standard InChI is InChI=1S/C20H21F3N6O2S/c1-32(30,31)14-6-10-29(11-7-14)19-27-17-15(5-3-9-25-17)18(28-19)26-12-13-4-2-8-24-16(13)20(21,22)23/h2-5,8-9,14H,6-7,10-12H2,1H3,(H,25,26,27,28). The first kappa shape index (κ1) is 22.2. The maximum atomic E-state index is 13.3. The van der Waals surface area contributed by atoms with Gasteiger partial charge in [-0.05, 0) is 31.0 Å². The highest BCUT2D eigenvalue weighted by Gasteiger charge is 2.35. The number of sulfone groups is 1. The summed E-state index contributed by atoms with van der Waals surface area (Å²) in [6.07, 6.45) is 0.254. The van der Waals surface area contributed by atoms with Crippen LogP contribution >= 0.6 is 0 Å². The average Bonchev–Trinajstić information content (AvgIpc) is 2.76. The van der Waals surface area contributed by atoms with Gasteiger partial charge in [0.15, 0.2) is 5.65 Å². The van der Waals surface area contributed by atoms with E-state index >= 15 is 0 Å². The van der Waals surface area contributed by atoms with Crippen molar-refractivity contribution in [2.24, 2.45) is 0 Å². The third-order valence-corrected chi connectivity index (χ3v) is 7.08. The lowest BCUT2D eigenvalue weighted by atomic mass is 10.1. The maximum absolute atomic E-state index is 13.3. The smallest absolute Gasteiger partial charge is 0.365 e. The minimum absolute atomic E-state index is 0.00818. The van der Waals surface area contributed by atoms with Gasteiger partial charge in [-0.3, -0.25) is 4.98 Å². The average molecular weight is 466 g/mol. The van der Waals surface area contributed by atoms with Gasteiger partial charge in [-0.25, -0.2) is 13.4 Å². The Kier molecular flexibility index (Phi) is 5.89. The Bertz CT molecular complexity index is 1230. The van der Waals surface area contributed by atoms with Gasteiger partial charge in [0, 0.05) is 43.8 Å². The summed E-state index contributed by atoms with van der Waals surface area (Å²) in [5.74, 6) is 0.702. The molecule has 8 nitrogen and oxygen atoms in total. The normalized spacial score (nSPS) is 15.8. The number of hydrogen-bond acceptors (Lipinski definition) is 8. The molecule has 3 aromatic rings. The number of nitrogens with zero attached hydrogens (tertiary/aromatic N) is 5. The Morgan fingerprint density at radius 2 is 1.78 bits per heavy atom. The number of alkyl halides is 3. The van der Waals surface area contributed by atoms with Crippen LogP contribution in [0.2, 0.25) is 0 Å². The Labute approximate surface area is 182 Å². The summed E-state index contributed by atoms with van der Waals surface area (Å²) in [5, 5.41) is 3.14. The van der Waals surface area contributed by atoms with Gasteiger partial charge < -0.3 is 10.2 Å². The molecule has 1 aliphatic rings. The maximum Gasteiger partial charge on any atom is 0.433 e. The van der Waals surface area contributed by atoms with E-state index in [4.69, 9.17) is 0 Å². The molecule has 1 aliphatic heterocycles. The van der Waals surface area contributed by atoms with Crippen LogP contribution in [-0.4, -0.2) is 52.9 Å². The second kappa shape index (κ2) is 8.49. The summed E-state index contributed by atoms with van der Waals surface area (Å²) >= 11 is 0. The fourth-order valence-corrected chi connectivity index (χ4v) is 4.79. The van der Waals surface area contributed by atoms with E-state index < -0.39 is 27.0 Å². The molecule has 0 aromatic carbocycles. The molecule has 12 heteroatoms. The van der Waals surface area contributed by atoms with E-state index in [-0.39, 0.29) is 12.1 Å². The predicted octanol–water partition coefficient (Wildman–Crippen LogP) is 3.06. The van der Waals surface area contributed by atoms with Crippen molar-refractivity contribution in [3.8, 4) is 0 Å². The van der Waals surface area contributed by atoms with Gasteiger partial charge in [-0.2, -0.15) is 23.1 Å². The zero-order chi connectivity index (χ0) is 22.9. The second-order valence-corrected chi connectivity index (χ2v) is 9.95. The molecule has 0 atom stereocenters. The van der Waals surface area contributed by atoms with Crippen molar-refractivity contribution in [1.82, 2.24) is 19.9 Å². The Morgan fingerprint density at radius 3 is 2.47 bits per heavy atom. The van der Waals surface area contributed by atoms with Gasteiger partial charge in [0.05, 0.1) is 10.6 Å². The lowest BCUT2D eigenvalue weighted by Gasteiger charge is -2.31. The molecule has 1 N–H and O–H groups in total. The summed E-state index contributed by atoms with van der Waals surface area (Å²) in [5.41, 5.74) is -0.564. The van der Waals surface area contributed by atoms with Crippen molar-refractivity contribution < 1.29 is 21.6 Å². The monoisotopic (exact) mass is 466 g/mol. The van der Waals surface area contributed by atoms with E-state index in [0.29, 0.717) is 48.7 Å². The molecule has 0 amide bonds. The Morgan fingerprint density at radius 1 is 1.09 bits per heavy atom. The highest BCUT2D eigenvalue weighted by atomic mass is 32.2. The van der Waals surface area contributed by atoms with Gasteiger partial charge in [-0.15, -0.1) is 0 Å². The van der Waals surface area contributed by atoms with Gasteiger partial charge in [0.2, 0.25) is 5.95 Å². The van der Waals surface area contributed by atoms with Crippen molar-refractivity contribution in [2.75, 3.05) is 29.6 Å². The lowest BCUT2D eigenvalue weighted by Crippen LogP contribution is -2.39. The van der Waals surface area contributed by atoms with Crippen LogP contribution in [-0.2, 0) is 22.6 Å². The number of anilines is 2. The molecular formula is C20H21F3N6O2S. The van der Waals surface area contributed by atoms with Crippen LogP contribution in [0.25, 0.3) is 11.0 Å². The van der Waals surface area contributed by atoms with Crippen LogP contribution in [0.3, 0.4) is 0 Å². The van der Waals surface area contributed by atoms with Crippen molar-refractivity contribution in [1.29, 1.82) is 0 Å². The van der Waals surface area contributed by atoms with Crippen LogP contribution in [0.4, 0.5) is 24.9 Å². The van der Waals surface area contributed by atoms with Crippen molar-refractivity contribution in [2.45, 2.75) is 30.8 Å². The molecule has 32 heavy (non-hydrogen) atoms. The molecule has 1 saturated heterocycles. The molecule has 0 spiro atoms. The third kappa shape index (κ3) is 4.74. The van der Waals surface area contributed by atoms with Gasteiger partial charge in [0.25, 0.3) is 0 Å². The van der Waals surface area contributed by atoms with E-state index in [2.05, 4.69) is 25.3 Å². The Hall–Kier alpha value is -3.02. The number of fused-ring (bicyclic) bond motifs is 1. The molecule has 4 heterocycles. The molecule has 0 radical (unpaired) electrons. The van der Waals surface area contributed by atoms with E-state index in [1.54, 1.807) is 18.3 Å². The fraction of sp³-hybridized carbons (Fsp3) is 0.400. The number of aromatic nitrogens is 4. The summed E-state index contributed by atoms with van der Waals surface area (Å²) in [7, 11) is -3.12. The van der Waals surface area contributed by atoms with Gasteiger partial charge in [0.1, 0.15) is 21.3 Å². The first-order valence-electron chi connectivity index (χ1n) is 9.94. The molecular weight excluding hydrogens is 445 g/mol. The Balaban J connectivity index is 1.62. The molecule has 0 bridgehead atoms. The first-order chi connectivity index (χ1) is 15.1. The highest BCUT2D eigenvalue weighted by molar-refractivity contribution is 7.91. The fourth-order valence-electron chi connectivity index (χ4n) is 3.73. The zero-order valence-electron chi connectivity index (χ0n) is 17.2.